The number of carbonyl (C=O) groups excluding carboxylic acids is 1. The van der Waals surface area contributed by atoms with Crippen LogP contribution in [0.5, 0.6) is 0 Å². The van der Waals surface area contributed by atoms with Gasteiger partial charge in [0.25, 0.3) is 0 Å². The highest BCUT2D eigenvalue weighted by atomic mass is 35.5. The Bertz CT molecular complexity index is 456. The highest BCUT2D eigenvalue weighted by molar-refractivity contribution is 7.99. The third-order valence-corrected chi connectivity index (χ3v) is 4.78. The zero-order valence-corrected chi connectivity index (χ0v) is 13.3. The minimum atomic E-state index is -0.729. The van der Waals surface area contributed by atoms with Gasteiger partial charge in [-0.1, -0.05) is 30.1 Å². The molecule has 106 valence electrons. The van der Waals surface area contributed by atoms with E-state index in [4.69, 9.17) is 28.9 Å². The largest absolute Gasteiger partial charge is 0.368 e. The highest BCUT2D eigenvalue weighted by Crippen LogP contribution is 2.29. The number of amides is 1. The van der Waals surface area contributed by atoms with E-state index in [9.17, 15) is 4.79 Å². The Morgan fingerprint density at radius 2 is 2.11 bits per heavy atom. The summed E-state index contributed by atoms with van der Waals surface area (Å²) in [6.45, 7) is 4.61. The predicted molar refractivity (Wildman–Crippen MR) is 83.1 cm³/mol. The van der Waals surface area contributed by atoms with E-state index >= 15 is 0 Å². The van der Waals surface area contributed by atoms with Gasteiger partial charge in [0.05, 0.1) is 10.0 Å². The van der Waals surface area contributed by atoms with Gasteiger partial charge in [-0.3, -0.25) is 4.79 Å². The maximum absolute atomic E-state index is 11.6. The zero-order chi connectivity index (χ0) is 14.5. The van der Waals surface area contributed by atoms with Crippen LogP contribution in [-0.4, -0.2) is 23.7 Å². The molecule has 0 aliphatic carbocycles. The molecule has 3 N–H and O–H groups in total. The smallest absolute Gasteiger partial charge is 0.238 e. The summed E-state index contributed by atoms with van der Waals surface area (Å²) in [6, 6.07) is 5.41. The molecule has 0 aliphatic heterocycles. The fourth-order valence-electron chi connectivity index (χ4n) is 1.40. The molecule has 1 aromatic carbocycles. The Kier molecular flexibility index (Phi) is 6.47. The van der Waals surface area contributed by atoms with Crippen molar-refractivity contribution >= 4 is 40.9 Å². The molecule has 0 fully saturated rings. The van der Waals surface area contributed by atoms with Crippen molar-refractivity contribution in [3.63, 3.8) is 0 Å². The molecule has 0 saturated carbocycles. The van der Waals surface area contributed by atoms with Crippen molar-refractivity contribution in [1.82, 2.24) is 5.32 Å². The van der Waals surface area contributed by atoms with Gasteiger partial charge in [0.15, 0.2) is 0 Å². The van der Waals surface area contributed by atoms with E-state index in [1.165, 1.54) is 11.8 Å². The van der Waals surface area contributed by atoms with Crippen LogP contribution in [0.4, 0.5) is 0 Å². The maximum atomic E-state index is 11.6. The van der Waals surface area contributed by atoms with Crippen LogP contribution in [0.1, 0.15) is 20.3 Å². The molecule has 0 aromatic heterocycles. The second-order valence-electron chi connectivity index (χ2n) is 4.49. The first-order valence-corrected chi connectivity index (χ1v) is 7.76. The molecule has 19 heavy (non-hydrogen) atoms. The second kappa shape index (κ2) is 7.39. The highest BCUT2D eigenvalue weighted by Gasteiger charge is 2.30. The number of carbonyl (C=O) groups is 1. The van der Waals surface area contributed by atoms with Gasteiger partial charge in [-0.15, -0.1) is 11.8 Å². The van der Waals surface area contributed by atoms with Crippen LogP contribution in [0.15, 0.2) is 23.1 Å². The van der Waals surface area contributed by atoms with Crippen LogP contribution in [0, 0.1) is 0 Å². The van der Waals surface area contributed by atoms with Crippen molar-refractivity contribution in [2.45, 2.75) is 30.7 Å². The lowest BCUT2D eigenvalue weighted by Gasteiger charge is -2.27. The lowest BCUT2D eigenvalue weighted by Crippen LogP contribution is -2.55. The number of thioether (sulfide) groups is 1. The second-order valence-corrected chi connectivity index (χ2v) is 6.35. The van der Waals surface area contributed by atoms with Gasteiger partial charge in [0.2, 0.25) is 5.91 Å². The van der Waals surface area contributed by atoms with E-state index in [1.807, 2.05) is 19.9 Å². The Morgan fingerprint density at radius 1 is 1.42 bits per heavy atom. The van der Waals surface area contributed by atoms with Crippen LogP contribution < -0.4 is 11.1 Å². The van der Waals surface area contributed by atoms with Crippen LogP contribution in [-0.2, 0) is 4.79 Å². The Balaban J connectivity index is 2.70. The summed E-state index contributed by atoms with van der Waals surface area (Å²) in [5.74, 6) is 0.189. The normalized spacial score (nSPS) is 14.1. The summed E-state index contributed by atoms with van der Waals surface area (Å²) in [5, 5.41) is 4.22. The van der Waals surface area contributed by atoms with Crippen LogP contribution in [0.3, 0.4) is 0 Å². The first kappa shape index (κ1) is 16.6. The average molecular weight is 321 g/mol. The molecule has 1 rings (SSSR count). The number of hydrogen-bond donors (Lipinski definition) is 2. The predicted octanol–water partition coefficient (Wildman–Crippen LogP) is 3.33. The molecule has 0 radical (unpaired) electrons. The van der Waals surface area contributed by atoms with Gasteiger partial charge >= 0.3 is 0 Å². The number of nitrogens with one attached hydrogen (secondary N) is 1. The van der Waals surface area contributed by atoms with Crippen molar-refractivity contribution < 1.29 is 4.79 Å². The third kappa shape index (κ3) is 4.88. The molecule has 0 aliphatic rings. The molecular weight excluding hydrogens is 303 g/mol. The van der Waals surface area contributed by atoms with Gasteiger partial charge in [0.1, 0.15) is 5.54 Å². The van der Waals surface area contributed by atoms with Gasteiger partial charge in [-0.05, 0) is 38.1 Å². The monoisotopic (exact) mass is 320 g/mol. The molecule has 0 bridgehead atoms. The van der Waals surface area contributed by atoms with Gasteiger partial charge in [-0.25, -0.2) is 0 Å². The van der Waals surface area contributed by atoms with E-state index in [2.05, 4.69) is 5.32 Å². The molecule has 1 aromatic rings. The van der Waals surface area contributed by atoms with Crippen molar-refractivity contribution in [1.29, 1.82) is 0 Å². The Hall–Kier alpha value is -0.420. The van der Waals surface area contributed by atoms with Crippen LogP contribution >= 0.6 is 35.0 Å². The third-order valence-electron chi connectivity index (χ3n) is 2.73. The van der Waals surface area contributed by atoms with Crippen molar-refractivity contribution in [2.24, 2.45) is 5.73 Å². The number of hydrogen-bond acceptors (Lipinski definition) is 3. The van der Waals surface area contributed by atoms with Crippen molar-refractivity contribution in [3.05, 3.63) is 28.2 Å². The van der Waals surface area contributed by atoms with Gasteiger partial charge < -0.3 is 11.1 Å². The summed E-state index contributed by atoms with van der Waals surface area (Å²) in [7, 11) is 0. The molecule has 0 heterocycles. The Labute approximate surface area is 128 Å². The van der Waals surface area contributed by atoms with E-state index in [-0.39, 0.29) is 5.91 Å². The molecule has 1 atom stereocenters. The number of rotatable bonds is 7. The summed E-state index contributed by atoms with van der Waals surface area (Å²) < 4.78 is 0. The number of nitrogens with two attached hydrogens (primary N) is 1. The van der Waals surface area contributed by atoms with E-state index < -0.39 is 5.54 Å². The number of halogens is 2. The minimum absolute atomic E-state index is 0.353. The number of primary amides is 1. The van der Waals surface area contributed by atoms with Gasteiger partial charge in [-0.2, -0.15) is 0 Å². The van der Waals surface area contributed by atoms with Crippen molar-refractivity contribution in [2.75, 3.05) is 12.3 Å². The lowest BCUT2D eigenvalue weighted by molar-refractivity contribution is -0.122. The number of benzene rings is 1. The van der Waals surface area contributed by atoms with Crippen molar-refractivity contribution in [3.8, 4) is 0 Å². The molecule has 1 unspecified atom stereocenters. The maximum Gasteiger partial charge on any atom is 0.238 e. The fraction of sp³-hybridized carbons (Fsp3) is 0.462. The summed E-state index contributed by atoms with van der Waals surface area (Å²) in [6.07, 6.45) is 0.945. The first-order chi connectivity index (χ1) is 8.89. The van der Waals surface area contributed by atoms with Crippen LogP contribution in [0.2, 0.25) is 10.0 Å². The average Bonchev–Trinajstić information content (AvgIpc) is 2.37. The fourth-order valence-corrected chi connectivity index (χ4v) is 2.83. The quantitative estimate of drug-likeness (QED) is 0.758. The minimum Gasteiger partial charge on any atom is -0.368 e. The molecule has 0 spiro atoms. The van der Waals surface area contributed by atoms with E-state index in [1.54, 1.807) is 12.1 Å². The topological polar surface area (TPSA) is 55.1 Å². The molecular formula is C13H18Cl2N2OS. The van der Waals surface area contributed by atoms with E-state index in [0.29, 0.717) is 15.8 Å². The first-order valence-electron chi connectivity index (χ1n) is 6.02. The Morgan fingerprint density at radius 3 is 2.63 bits per heavy atom. The lowest BCUT2D eigenvalue weighted by atomic mass is 10.1. The summed E-state index contributed by atoms with van der Waals surface area (Å²) >= 11 is 13.3. The van der Waals surface area contributed by atoms with Gasteiger partial charge in [0, 0.05) is 10.6 Å². The molecule has 6 heteroatoms. The zero-order valence-electron chi connectivity index (χ0n) is 11.0. The molecule has 0 saturated heterocycles. The molecule has 1 amide bonds. The van der Waals surface area contributed by atoms with E-state index in [0.717, 1.165) is 17.9 Å². The summed E-state index contributed by atoms with van der Waals surface area (Å²) in [5.41, 5.74) is 4.74. The SMILES string of the molecule is CCCNC(C)(CSc1ccc(Cl)c(Cl)c1)C(N)=O. The standard InChI is InChI=1S/C13H18Cl2N2OS/c1-3-6-17-13(2,12(16)18)8-19-9-4-5-10(14)11(15)7-9/h4-5,7,17H,3,6,8H2,1-2H3,(H2,16,18). The summed E-state index contributed by atoms with van der Waals surface area (Å²) in [4.78, 5) is 12.5. The molecule has 3 nitrogen and oxygen atoms in total. The van der Waals surface area contributed by atoms with Crippen LogP contribution in [0.25, 0.3) is 0 Å².